The Labute approximate surface area is 181 Å². The highest BCUT2D eigenvalue weighted by Crippen LogP contribution is 2.18. The van der Waals surface area contributed by atoms with Crippen LogP contribution in [0.3, 0.4) is 0 Å². The monoisotopic (exact) mass is 423 g/mol. The Bertz CT molecular complexity index is 1060. The van der Waals surface area contributed by atoms with Gasteiger partial charge in [-0.15, -0.1) is 0 Å². The second-order valence-corrected chi connectivity index (χ2v) is 8.76. The first-order valence-electron chi connectivity index (χ1n) is 10.5. The number of piperazine rings is 1. The molecule has 1 fully saturated rings. The van der Waals surface area contributed by atoms with Gasteiger partial charge in [-0.05, 0) is 45.9 Å². The average molecular weight is 424 g/mol. The van der Waals surface area contributed by atoms with E-state index < -0.39 is 5.60 Å². The van der Waals surface area contributed by atoms with E-state index in [1.807, 2.05) is 55.7 Å². The normalized spacial score (nSPS) is 18.1. The standard InChI is InChI=1S/C22H29N7O2/c1-15(17-13-28(12-11-23-17)21(30)31-22(2,3)4)26-20-24-10-9-19(27-20)29-14-25-16-7-5-6-8-18(16)29/h5-10,14-15,17,23H,11-13H2,1-4H3,(H,24,26,27). The van der Waals surface area contributed by atoms with Crippen molar-refractivity contribution >= 4 is 23.1 Å². The smallest absolute Gasteiger partial charge is 0.410 e. The molecule has 4 rings (SSSR count). The minimum atomic E-state index is -0.507. The molecular formula is C22H29N7O2. The van der Waals surface area contributed by atoms with Crippen LogP contribution in [0.5, 0.6) is 0 Å². The predicted octanol–water partition coefficient (Wildman–Crippen LogP) is 2.82. The predicted molar refractivity (Wildman–Crippen MR) is 119 cm³/mol. The quantitative estimate of drug-likeness (QED) is 0.666. The van der Waals surface area contributed by atoms with Crippen molar-refractivity contribution in [2.45, 2.75) is 45.4 Å². The zero-order valence-electron chi connectivity index (χ0n) is 18.4. The number of carbonyl (C=O) groups excluding carboxylic acids is 1. The molecule has 3 heterocycles. The van der Waals surface area contributed by atoms with Crippen molar-refractivity contribution in [1.82, 2.24) is 29.7 Å². The first-order valence-corrected chi connectivity index (χ1v) is 10.5. The summed E-state index contributed by atoms with van der Waals surface area (Å²) in [4.78, 5) is 27.7. The van der Waals surface area contributed by atoms with Crippen LogP contribution >= 0.6 is 0 Å². The fourth-order valence-electron chi connectivity index (χ4n) is 3.60. The number of hydrogen-bond donors (Lipinski definition) is 2. The summed E-state index contributed by atoms with van der Waals surface area (Å²) in [5.41, 5.74) is 1.40. The van der Waals surface area contributed by atoms with Gasteiger partial charge >= 0.3 is 6.09 Å². The Morgan fingerprint density at radius 1 is 1.26 bits per heavy atom. The molecule has 9 nitrogen and oxygen atoms in total. The Kier molecular flexibility index (Phi) is 5.77. The van der Waals surface area contributed by atoms with Gasteiger partial charge < -0.3 is 20.3 Å². The van der Waals surface area contributed by atoms with Crippen LogP contribution in [0.15, 0.2) is 42.9 Å². The van der Waals surface area contributed by atoms with Crippen molar-refractivity contribution in [2.75, 3.05) is 25.0 Å². The second-order valence-electron chi connectivity index (χ2n) is 8.76. The van der Waals surface area contributed by atoms with Crippen LogP contribution in [0, 0.1) is 0 Å². The molecule has 2 unspecified atom stereocenters. The third kappa shape index (κ3) is 4.93. The zero-order valence-corrected chi connectivity index (χ0v) is 18.4. The highest BCUT2D eigenvalue weighted by molar-refractivity contribution is 5.76. The van der Waals surface area contributed by atoms with Crippen LogP contribution in [0.1, 0.15) is 27.7 Å². The molecule has 1 amide bonds. The van der Waals surface area contributed by atoms with Gasteiger partial charge in [-0.25, -0.2) is 14.8 Å². The minimum Gasteiger partial charge on any atom is -0.444 e. The summed E-state index contributed by atoms with van der Waals surface area (Å²) in [6, 6.07) is 9.83. The van der Waals surface area contributed by atoms with Crippen LogP contribution in [-0.4, -0.2) is 67.8 Å². The zero-order chi connectivity index (χ0) is 22.0. The van der Waals surface area contributed by atoms with E-state index in [9.17, 15) is 4.79 Å². The number of fused-ring (bicyclic) bond motifs is 1. The van der Waals surface area contributed by atoms with E-state index in [4.69, 9.17) is 4.74 Å². The number of nitrogens with one attached hydrogen (secondary N) is 2. The topological polar surface area (TPSA) is 97.2 Å². The van der Waals surface area contributed by atoms with E-state index in [1.165, 1.54) is 0 Å². The first kappa shape index (κ1) is 21.0. The number of anilines is 1. The van der Waals surface area contributed by atoms with Crippen molar-refractivity contribution in [3.05, 3.63) is 42.9 Å². The molecule has 164 valence electrons. The maximum atomic E-state index is 12.4. The van der Waals surface area contributed by atoms with Crippen LogP contribution in [-0.2, 0) is 4.74 Å². The molecule has 3 aromatic rings. The van der Waals surface area contributed by atoms with Gasteiger partial charge in [0, 0.05) is 37.9 Å². The van der Waals surface area contributed by atoms with E-state index in [0.29, 0.717) is 25.6 Å². The molecule has 31 heavy (non-hydrogen) atoms. The lowest BCUT2D eigenvalue weighted by Crippen LogP contribution is -2.58. The molecule has 0 bridgehead atoms. The molecule has 0 radical (unpaired) electrons. The number of nitrogens with zero attached hydrogens (tertiary/aromatic N) is 5. The molecule has 9 heteroatoms. The van der Waals surface area contributed by atoms with E-state index in [0.717, 1.165) is 16.9 Å². The number of amides is 1. The highest BCUT2D eigenvalue weighted by atomic mass is 16.6. The summed E-state index contributed by atoms with van der Waals surface area (Å²) >= 11 is 0. The fourth-order valence-corrected chi connectivity index (χ4v) is 3.60. The number of para-hydroxylation sites is 2. The molecule has 2 N–H and O–H groups in total. The van der Waals surface area contributed by atoms with Gasteiger partial charge in [-0.1, -0.05) is 12.1 Å². The minimum absolute atomic E-state index is 0.0000168. The van der Waals surface area contributed by atoms with Crippen LogP contribution in [0.25, 0.3) is 16.9 Å². The number of carbonyl (C=O) groups is 1. The number of aromatic nitrogens is 4. The summed E-state index contributed by atoms with van der Waals surface area (Å²) in [5, 5.41) is 6.84. The van der Waals surface area contributed by atoms with Gasteiger partial charge in [0.15, 0.2) is 0 Å². The highest BCUT2D eigenvalue weighted by Gasteiger charge is 2.30. The molecule has 0 spiro atoms. The molecule has 0 saturated carbocycles. The molecule has 0 aliphatic carbocycles. The third-order valence-electron chi connectivity index (χ3n) is 5.16. The van der Waals surface area contributed by atoms with Gasteiger partial charge in [0.25, 0.3) is 0 Å². The number of hydrogen-bond acceptors (Lipinski definition) is 7. The molecule has 1 saturated heterocycles. The Balaban J connectivity index is 1.44. The maximum Gasteiger partial charge on any atom is 0.410 e. The van der Waals surface area contributed by atoms with Gasteiger partial charge in [0.05, 0.1) is 11.0 Å². The van der Waals surface area contributed by atoms with Crippen LogP contribution in [0.4, 0.5) is 10.7 Å². The molecule has 1 aromatic carbocycles. The van der Waals surface area contributed by atoms with Gasteiger partial charge in [-0.2, -0.15) is 4.98 Å². The van der Waals surface area contributed by atoms with Crippen molar-refractivity contribution in [2.24, 2.45) is 0 Å². The SMILES string of the molecule is CC(Nc1nccc(-n2cnc3ccccc32)n1)C1CN(C(=O)OC(C)(C)C)CCN1. The number of benzene rings is 1. The summed E-state index contributed by atoms with van der Waals surface area (Å²) in [5.74, 6) is 1.27. The van der Waals surface area contributed by atoms with Gasteiger partial charge in [0.2, 0.25) is 5.95 Å². The lowest BCUT2D eigenvalue weighted by atomic mass is 10.1. The van der Waals surface area contributed by atoms with Crippen molar-refractivity contribution in [3.63, 3.8) is 0 Å². The van der Waals surface area contributed by atoms with Gasteiger partial charge in [-0.3, -0.25) is 4.57 Å². The van der Waals surface area contributed by atoms with E-state index in [1.54, 1.807) is 17.4 Å². The van der Waals surface area contributed by atoms with Crippen molar-refractivity contribution in [1.29, 1.82) is 0 Å². The summed E-state index contributed by atoms with van der Waals surface area (Å²) in [6.07, 6.45) is 3.21. The van der Waals surface area contributed by atoms with Crippen molar-refractivity contribution in [3.8, 4) is 5.82 Å². The van der Waals surface area contributed by atoms with E-state index in [2.05, 4.69) is 32.5 Å². The lowest BCUT2D eigenvalue weighted by molar-refractivity contribution is 0.0191. The lowest BCUT2D eigenvalue weighted by Gasteiger charge is -2.37. The molecule has 1 aliphatic rings. The average Bonchev–Trinajstić information content (AvgIpc) is 3.17. The third-order valence-corrected chi connectivity index (χ3v) is 5.16. The van der Waals surface area contributed by atoms with Crippen LogP contribution < -0.4 is 10.6 Å². The summed E-state index contributed by atoms with van der Waals surface area (Å²) < 4.78 is 7.46. The maximum absolute atomic E-state index is 12.4. The number of ether oxygens (including phenoxy) is 1. The molecule has 1 aliphatic heterocycles. The second kappa shape index (κ2) is 8.50. The summed E-state index contributed by atoms with van der Waals surface area (Å²) in [7, 11) is 0. The fraction of sp³-hybridized carbons (Fsp3) is 0.455. The number of rotatable bonds is 4. The van der Waals surface area contributed by atoms with Gasteiger partial charge in [0.1, 0.15) is 17.7 Å². The van der Waals surface area contributed by atoms with Crippen LogP contribution in [0.2, 0.25) is 0 Å². The molecule has 2 aromatic heterocycles. The summed E-state index contributed by atoms with van der Waals surface area (Å²) in [6.45, 7) is 9.57. The Hall–Kier alpha value is -3.20. The Morgan fingerprint density at radius 2 is 2.06 bits per heavy atom. The largest absolute Gasteiger partial charge is 0.444 e. The van der Waals surface area contributed by atoms with E-state index in [-0.39, 0.29) is 18.2 Å². The Morgan fingerprint density at radius 3 is 2.87 bits per heavy atom. The molecular weight excluding hydrogens is 394 g/mol. The first-order chi connectivity index (χ1) is 14.8. The molecule has 2 atom stereocenters. The number of imidazole rings is 1. The van der Waals surface area contributed by atoms with Crippen molar-refractivity contribution < 1.29 is 9.53 Å². The van der Waals surface area contributed by atoms with E-state index >= 15 is 0 Å².